The third-order valence-corrected chi connectivity index (χ3v) is 5.90. The van der Waals surface area contributed by atoms with Gasteiger partial charge in [0.2, 0.25) is 5.91 Å². The van der Waals surface area contributed by atoms with E-state index < -0.39 is 0 Å². The van der Waals surface area contributed by atoms with Crippen molar-refractivity contribution in [3.63, 3.8) is 0 Å². The summed E-state index contributed by atoms with van der Waals surface area (Å²) in [5.74, 6) is 0.990. The van der Waals surface area contributed by atoms with Gasteiger partial charge in [-0.2, -0.15) is 0 Å². The zero-order valence-electron chi connectivity index (χ0n) is 12.2. The smallest absolute Gasteiger partial charge is 0.230 e. The van der Waals surface area contributed by atoms with Crippen LogP contribution in [0, 0.1) is 5.82 Å². The Hall–Kier alpha value is -1.17. The molecule has 0 fully saturated rings. The number of hydrogen-bond donors (Lipinski definition) is 1. The van der Waals surface area contributed by atoms with Crippen molar-refractivity contribution >= 4 is 41.0 Å². The van der Waals surface area contributed by atoms with Gasteiger partial charge in [0.05, 0.1) is 11.8 Å². The summed E-state index contributed by atoms with van der Waals surface area (Å²) in [4.78, 5) is 14.3. The second-order valence-electron chi connectivity index (χ2n) is 5.18. The van der Waals surface area contributed by atoms with E-state index in [9.17, 15) is 9.18 Å². The highest BCUT2D eigenvalue weighted by molar-refractivity contribution is 8.00. The highest BCUT2D eigenvalue weighted by Gasteiger charge is 2.22. The lowest BCUT2D eigenvalue weighted by molar-refractivity contribution is -0.119. The maximum atomic E-state index is 12.9. The van der Waals surface area contributed by atoms with Crippen molar-refractivity contribution in [2.45, 2.75) is 22.3 Å². The fourth-order valence-corrected chi connectivity index (χ4v) is 4.43. The Morgan fingerprint density at radius 1 is 1.30 bits per heavy atom. The molecule has 2 nitrogen and oxygen atoms in total. The average molecular weight is 368 g/mol. The lowest BCUT2D eigenvalue weighted by atomic mass is 10.0. The van der Waals surface area contributed by atoms with Crippen molar-refractivity contribution < 1.29 is 9.18 Å². The molecule has 0 aliphatic carbocycles. The van der Waals surface area contributed by atoms with Gasteiger partial charge in [0.1, 0.15) is 5.82 Å². The maximum Gasteiger partial charge on any atom is 0.230 e. The highest BCUT2D eigenvalue weighted by Crippen LogP contribution is 2.37. The molecule has 1 atom stereocenters. The third-order valence-electron chi connectivity index (χ3n) is 3.53. The molecule has 0 unspecified atom stereocenters. The van der Waals surface area contributed by atoms with Gasteiger partial charge in [-0.1, -0.05) is 11.6 Å². The first kappa shape index (κ1) is 16.7. The van der Waals surface area contributed by atoms with Crippen LogP contribution in [0.4, 0.5) is 4.39 Å². The number of halogens is 2. The predicted octanol–water partition coefficient (Wildman–Crippen LogP) is 4.92. The topological polar surface area (TPSA) is 29.1 Å². The zero-order chi connectivity index (χ0) is 16.2. The van der Waals surface area contributed by atoms with Crippen molar-refractivity contribution in [2.24, 2.45) is 0 Å². The van der Waals surface area contributed by atoms with E-state index >= 15 is 0 Å². The second-order valence-corrected chi connectivity index (χ2v) is 7.80. The van der Waals surface area contributed by atoms with Crippen molar-refractivity contribution in [2.75, 3.05) is 11.5 Å². The fourth-order valence-electron chi connectivity index (χ4n) is 2.43. The van der Waals surface area contributed by atoms with Crippen LogP contribution < -0.4 is 5.32 Å². The van der Waals surface area contributed by atoms with E-state index in [0.29, 0.717) is 10.8 Å². The Bertz CT molecular complexity index is 708. The molecule has 0 spiro atoms. The van der Waals surface area contributed by atoms with Gasteiger partial charge in [0.15, 0.2) is 0 Å². The fraction of sp³-hybridized carbons (Fsp3) is 0.235. The number of nitrogens with one attached hydrogen (secondary N) is 1. The lowest BCUT2D eigenvalue weighted by Gasteiger charge is -2.26. The van der Waals surface area contributed by atoms with Crippen molar-refractivity contribution in [1.29, 1.82) is 0 Å². The minimum atomic E-state index is -0.271. The zero-order valence-corrected chi connectivity index (χ0v) is 14.6. The normalized spacial score (nSPS) is 16.7. The number of fused-ring (bicyclic) bond motifs is 1. The lowest BCUT2D eigenvalue weighted by Crippen LogP contribution is -2.31. The van der Waals surface area contributed by atoms with Crippen LogP contribution in [0.2, 0.25) is 5.02 Å². The molecule has 6 heteroatoms. The van der Waals surface area contributed by atoms with Gasteiger partial charge in [-0.25, -0.2) is 4.39 Å². The minimum absolute atomic E-state index is 0.00580. The molecule has 0 saturated heterocycles. The van der Waals surface area contributed by atoms with Gasteiger partial charge < -0.3 is 5.32 Å². The maximum absolute atomic E-state index is 12.9. The quantitative estimate of drug-likeness (QED) is 0.777. The summed E-state index contributed by atoms with van der Waals surface area (Å²) >= 11 is 9.27. The van der Waals surface area contributed by atoms with Gasteiger partial charge in [0.25, 0.3) is 0 Å². The summed E-state index contributed by atoms with van der Waals surface area (Å²) in [5.41, 5.74) is 1.09. The molecule has 120 valence electrons. The van der Waals surface area contributed by atoms with Crippen LogP contribution in [0.3, 0.4) is 0 Å². The molecule has 2 aromatic carbocycles. The molecule has 3 rings (SSSR count). The average Bonchev–Trinajstić information content (AvgIpc) is 2.55. The van der Waals surface area contributed by atoms with E-state index in [0.717, 1.165) is 22.6 Å². The number of rotatable bonds is 4. The summed E-state index contributed by atoms with van der Waals surface area (Å²) in [7, 11) is 0. The second kappa shape index (κ2) is 7.60. The van der Waals surface area contributed by atoms with Crippen LogP contribution in [-0.2, 0) is 4.79 Å². The van der Waals surface area contributed by atoms with Crippen molar-refractivity contribution in [1.82, 2.24) is 5.32 Å². The van der Waals surface area contributed by atoms with Crippen LogP contribution in [0.1, 0.15) is 18.0 Å². The Morgan fingerprint density at radius 3 is 2.87 bits per heavy atom. The molecule has 1 amide bonds. The van der Waals surface area contributed by atoms with E-state index in [1.165, 1.54) is 28.8 Å². The van der Waals surface area contributed by atoms with E-state index in [4.69, 9.17) is 11.6 Å². The number of benzene rings is 2. The van der Waals surface area contributed by atoms with Gasteiger partial charge >= 0.3 is 0 Å². The molecular formula is C17H15ClFNOS2. The molecule has 23 heavy (non-hydrogen) atoms. The summed E-state index contributed by atoms with van der Waals surface area (Å²) in [5, 5.41) is 3.76. The van der Waals surface area contributed by atoms with E-state index in [-0.39, 0.29) is 17.8 Å². The van der Waals surface area contributed by atoms with Crippen LogP contribution in [-0.4, -0.2) is 17.4 Å². The van der Waals surface area contributed by atoms with E-state index in [1.807, 2.05) is 18.2 Å². The molecule has 1 aliphatic rings. The van der Waals surface area contributed by atoms with Crippen LogP contribution in [0.15, 0.2) is 52.3 Å². The van der Waals surface area contributed by atoms with Gasteiger partial charge in [-0.05, 0) is 54.4 Å². The number of carbonyl (C=O) groups excluding carboxylic acids is 1. The SMILES string of the molecule is O=C(CSc1ccc(F)cc1)N[C@H]1CCSc2ccc(Cl)cc21. The van der Waals surface area contributed by atoms with Crippen molar-refractivity contribution in [3.8, 4) is 0 Å². The van der Waals surface area contributed by atoms with Crippen LogP contribution in [0.25, 0.3) is 0 Å². The molecule has 0 saturated carbocycles. The standard InChI is InChI=1S/C17H15ClFNOS2/c18-11-1-6-16-14(9-11)15(7-8-22-16)20-17(21)10-23-13-4-2-12(19)3-5-13/h1-6,9,15H,7-8,10H2,(H,20,21)/t15-/m0/s1. The molecular weight excluding hydrogens is 353 g/mol. The molecule has 1 aliphatic heterocycles. The summed E-state index contributed by atoms with van der Waals surface area (Å²) < 4.78 is 12.9. The van der Waals surface area contributed by atoms with Gasteiger partial charge in [-0.15, -0.1) is 23.5 Å². The predicted molar refractivity (Wildman–Crippen MR) is 94.8 cm³/mol. The monoisotopic (exact) mass is 367 g/mol. The number of amides is 1. The number of hydrogen-bond acceptors (Lipinski definition) is 3. The Kier molecular flexibility index (Phi) is 5.51. The molecule has 1 heterocycles. The molecule has 2 aromatic rings. The van der Waals surface area contributed by atoms with Crippen molar-refractivity contribution in [3.05, 3.63) is 58.9 Å². The largest absolute Gasteiger partial charge is 0.349 e. The van der Waals surface area contributed by atoms with E-state index in [1.54, 1.807) is 23.9 Å². The molecule has 0 radical (unpaired) electrons. The minimum Gasteiger partial charge on any atom is -0.349 e. The van der Waals surface area contributed by atoms with Gasteiger partial charge in [-0.3, -0.25) is 4.79 Å². The van der Waals surface area contributed by atoms with Crippen LogP contribution >= 0.6 is 35.1 Å². The summed E-state index contributed by atoms with van der Waals surface area (Å²) in [6.45, 7) is 0. The molecule has 0 aromatic heterocycles. The highest BCUT2D eigenvalue weighted by atomic mass is 35.5. The summed E-state index contributed by atoms with van der Waals surface area (Å²) in [6.07, 6.45) is 0.894. The summed E-state index contributed by atoms with van der Waals surface area (Å²) in [6, 6.07) is 12.0. The molecule has 1 N–H and O–H groups in total. The Balaban J connectivity index is 1.60. The number of thioether (sulfide) groups is 2. The van der Waals surface area contributed by atoms with E-state index in [2.05, 4.69) is 5.32 Å². The van der Waals surface area contributed by atoms with Crippen LogP contribution in [0.5, 0.6) is 0 Å². The van der Waals surface area contributed by atoms with Gasteiger partial charge in [0, 0.05) is 20.6 Å². The Labute approximate surface area is 148 Å². The Morgan fingerprint density at radius 2 is 2.09 bits per heavy atom. The number of carbonyl (C=O) groups is 1. The first-order valence-electron chi connectivity index (χ1n) is 7.22. The third kappa shape index (κ3) is 4.43. The first-order valence-corrected chi connectivity index (χ1v) is 9.57. The first-order chi connectivity index (χ1) is 11.1. The molecule has 0 bridgehead atoms.